The molecule has 0 spiro atoms. The van der Waals surface area contributed by atoms with E-state index < -0.39 is 52.0 Å². The summed E-state index contributed by atoms with van der Waals surface area (Å²) in [7, 11) is 0. The second kappa shape index (κ2) is 13.9. The number of rotatable bonds is 11. The Kier molecular flexibility index (Phi) is 11.1. The van der Waals surface area contributed by atoms with Gasteiger partial charge in [0, 0.05) is 18.2 Å². The Hall–Kier alpha value is -2.50. The van der Waals surface area contributed by atoms with Gasteiger partial charge in [-0.15, -0.1) is 23.2 Å². The number of alkyl halides is 5. The number of nitrogen functional groups attached to an aromatic ring is 1. The van der Waals surface area contributed by atoms with Crippen molar-refractivity contribution in [1.82, 2.24) is 10.6 Å². The van der Waals surface area contributed by atoms with Gasteiger partial charge in [-0.25, -0.2) is 4.39 Å². The molecule has 0 aromatic heterocycles. The number of carbonyl (C=O) groups excluding carboxylic acids is 1. The first kappa shape index (κ1) is 32.0. The van der Waals surface area contributed by atoms with Gasteiger partial charge >= 0.3 is 6.18 Å². The summed E-state index contributed by atoms with van der Waals surface area (Å²) < 4.78 is 68.4. The van der Waals surface area contributed by atoms with E-state index in [1.165, 1.54) is 36.4 Å². The van der Waals surface area contributed by atoms with E-state index in [4.69, 9.17) is 28.9 Å². The molecule has 12 heteroatoms. The highest BCUT2D eigenvalue weighted by atomic mass is 35.5. The second-order valence-corrected chi connectivity index (χ2v) is 12.0. The molecule has 1 amide bonds. The topological polar surface area (TPSA) is 90.2 Å². The van der Waals surface area contributed by atoms with Crippen molar-refractivity contribution >= 4 is 46.0 Å². The minimum atomic E-state index is -4.75. The number of hydrogen-bond donors (Lipinski definition) is 3. The quantitative estimate of drug-likeness (QED) is 0.102. The molecule has 216 valence electrons. The van der Waals surface area contributed by atoms with Gasteiger partial charge in [-0.1, -0.05) is 30.3 Å². The van der Waals surface area contributed by atoms with Crippen LogP contribution < -0.4 is 16.4 Å². The van der Waals surface area contributed by atoms with Gasteiger partial charge in [0.2, 0.25) is 5.91 Å². The van der Waals surface area contributed by atoms with Crippen LogP contribution in [0, 0.1) is 5.82 Å². The Labute approximate surface area is 243 Å². The lowest BCUT2D eigenvalue weighted by atomic mass is 9.99. The van der Waals surface area contributed by atoms with Gasteiger partial charge in [-0.3, -0.25) is 10.1 Å². The maximum absolute atomic E-state index is 14.2. The van der Waals surface area contributed by atoms with Crippen molar-refractivity contribution in [1.29, 1.82) is 0 Å². The van der Waals surface area contributed by atoms with Gasteiger partial charge in [0.05, 0.1) is 6.04 Å². The molecule has 1 unspecified atom stereocenters. The molecule has 4 N–H and O–H groups in total. The molecule has 0 saturated heterocycles. The van der Waals surface area contributed by atoms with Gasteiger partial charge in [0.1, 0.15) is 23.0 Å². The zero-order valence-corrected chi connectivity index (χ0v) is 24.0. The zero-order chi connectivity index (χ0) is 29.6. The summed E-state index contributed by atoms with van der Waals surface area (Å²) in [6.45, 7) is 1.61. The molecule has 5 nitrogen and oxygen atoms in total. The number of nitrogens with two attached hydrogens (primary N) is 1. The van der Waals surface area contributed by atoms with Gasteiger partial charge in [0.25, 0.3) is 0 Å². The zero-order valence-electron chi connectivity index (χ0n) is 21.6. The molecule has 3 aromatic carbocycles. The first-order valence-electron chi connectivity index (χ1n) is 12.2. The summed E-state index contributed by atoms with van der Waals surface area (Å²) >= 11 is 10.6. The van der Waals surface area contributed by atoms with Gasteiger partial charge in [-0.05, 0) is 83.2 Å². The van der Waals surface area contributed by atoms with Crippen LogP contribution in [0.15, 0.2) is 71.6 Å². The van der Waals surface area contributed by atoms with E-state index >= 15 is 0 Å². The fraction of sp³-hybridized carbons (Fsp3) is 0.321. The number of benzene rings is 3. The molecule has 0 aliphatic rings. The third-order valence-electron chi connectivity index (χ3n) is 6.18. The van der Waals surface area contributed by atoms with Gasteiger partial charge in [-0.2, -0.15) is 13.2 Å². The van der Waals surface area contributed by atoms with Crippen molar-refractivity contribution in [3.63, 3.8) is 0 Å². The van der Waals surface area contributed by atoms with E-state index in [0.717, 1.165) is 11.6 Å². The highest BCUT2D eigenvalue weighted by Crippen LogP contribution is 2.35. The Bertz CT molecular complexity index is 1280. The van der Waals surface area contributed by atoms with E-state index in [1.54, 1.807) is 37.4 Å². The molecule has 3 aromatic rings. The lowest BCUT2D eigenvalue weighted by Crippen LogP contribution is -2.51. The van der Waals surface area contributed by atoms with Crippen LogP contribution >= 0.6 is 23.2 Å². The van der Waals surface area contributed by atoms with Crippen molar-refractivity contribution in [2.24, 2.45) is 0 Å². The van der Waals surface area contributed by atoms with Crippen LogP contribution in [0.1, 0.15) is 30.5 Å². The van der Waals surface area contributed by atoms with E-state index in [1.807, 2.05) is 0 Å². The van der Waals surface area contributed by atoms with Crippen molar-refractivity contribution in [3.8, 4) is 11.1 Å². The van der Waals surface area contributed by atoms with E-state index in [0.29, 0.717) is 16.0 Å². The van der Waals surface area contributed by atoms with Crippen LogP contribution in [-0.2, 0) is 22.4 Å². The third kappa shape index (κ3) is 9.01. The molecule has 0 bridgehead atoms. The summed E-state index contributed by atoms with van der Waals surface area (Å²) in [5, 5.41) is 5.00. The Balaban J connectivity index is 1.78. The number of halogens is 6. The van der Waals surface area contributed by atoms with Crippen LogP contribution in [0.25, 0.3) is 11.1 Å². The van der Waals surface area contributed by atoms with Crippen LogP contribution in [0.4, 0.5) is 23.2 Å². The first-order valence-corrected chi connectivity index (χ1v) is 14.7. The highest BCUT2D eigenvalue weighted by Gasteiger charge is 2.43. The number of hydrogen-bond acceptors (Lipinski definition) is 4. The number of nitrogens with one attached hydrogen (secondary N) is 2. The molecule has 0 saturated carbocycles. The average Bonchev–Trinajstić information content (AvgIpc) is 2.87. The summed E-state index contributed by atoms with van der Waals surface area (Å²) in [6.07, 6.45) is -3.40. The Morgan fingerprint density at radius 3 is 2.10 bits per heavy atom. The SMILES string of the molecule is C[C@H](Cc1ccc(N)cc1F)NC(=O)[C@H](CC(Cl)Cl)N[C@@H](c1ccc(-c2ccc([S+](C)[O-])cc2)cc1)C(F)(F)F. The molecule has 0 aliphatic carbocycles. The molecular formula is C28H29Cl2F4N3O2S. The maximum atomic E-state index is 14.2. The average molecular weight is 619 g/mol. The van der Waals surface area contributed by atoms with Crippen molar-refractivity contribution in [2.45, 2.75) is 53.8 Å². The fourth-order valence-corrected chi connectivity index (χ4v) is 5.05. The predicted molar refractivity (Wildman–Crippen MR) is 152 cm³/mol. The van der Waals surface area contributed by atoms with Gasteiger partial charge in [0.15, 0.2) is 4.90 Å². The number of carbonyl (C=O) groups is 1. The monoisotopic (exact) mass is 617 g/mol. The minimum absolute atomic E-state index is 0.0923. The summed E-state index contributed by atoms with van der Waals surface area (Å²) in [4.78, 5) is 12.5. The summed E-state index contributed by atoms with van der Waals surface area (Å²) in [5.74, 6) is -1.30. The van der Waals surface area contributed by atoms with Crippen molar-refractivity contribution in [3.05, 3.63) is 83.7 Å². The second-order valence-electron chi connectivity index (χ2n) is 9.39. The minimum Gasteiger partial charge on any atom is -0.612 e. The summed E-state index contributed by atoms with van der Waals surface area (Å²) in [5.41, 5.74) is 7.40. The molecule has 0 heterocycles. The number of anilines is 1. The highest BCUT2D eigenvalue weighted by molar-refractivity contribution is 7.90. The largest absolute Gasteiger partial charge is 0.612 e. The third-order valence-corrected chi connectivity index (χ3v) is 7.47. The van der Waals surface area contributed by atoms with E-state index in [-0.39, 0.29) is 24.1 Å². The molecule has 0 aliphatic heterocycles. The molecule has 4 atom stereocenters. The molecule has 0 radical (unpaired) electrons. The van der Waals surface area contributed by atoms with Crippen LogP contribution in [0.5, 0.6) is 0 Å². The Morgan fingerprint density at radius 2 is 1.60 bits per heavy atom. The molecule has 40 heavy (non-hydrogen) atoms. The van der Waals surface area contributed by atoms with E-state index in [2.05, 4.69) is 10.6 Å². The fourth-order valence-electron chi connectivity index (χ4n) is 4.17. The molecule has 0 fully saturated rings. The van der Waals surface area contributed by atoms with Crippen LogP contribution in [0.3, 0.4) is 0 Å². The van der Waals surface area contributed by atoms with E-state index in [9.17, 15) is 26.9 Å². The smallest absolute Gasteiger partial charge is 0.407 e. The van der Waals surface area contributed by atoms with Gasteiger partial charge < -0.3 is 15.6 Å². The lowest BCUT2D eigenvalue weighted by molar-refractivity contribution is -0.161. The molecular weight excluding hydrogens is 589 g/mol. The van der Waals surface area contributed by atoms with Crippen LogP contribution in [0.2, 0.25) is 0 Å². The standard InChI is InChI=1S/C28H29Cl2F4N3O2S/c1-16(13-20-7-10-21(35)14-23(20)31)36-27(38)24(15-25(29)30)37-26(28(32,33)34)19-5-3-17(4-6-19)18-8-11-22(12-9-18)40(2)39/h3-12,14,16,24-26,37H,13,15,35H2,1-2H3,(H,36,38)/t16-,24+,26+,40?/m1/s1. The molecule has 3 rings (SSSR count). The van der Waals surface area contributed by atoms with Crippen LogP contribution in [-0.4, -0.2) is 39.8 Å². The summed E-state index contributed by atoms with van der Waals surface area (Å²) in [6, 6.07) is 12.6. The number of amides is 1. The normalized spacial score (nSPS) is 14.9. The maximum Gasteiger partial charge on any atom is 0.407 e. The first-order chi connectivity index (χ1) is 18.7. The van der Waals surface area contributed by atoms with Crippen molar-refractivity contribution in [2.75, 3.05) is 12.0 Å². The lowest BCUT2D eigenvalue weighted by Gasteiger charge is -2.29. The predicted octanol–water partition coefficient (Wildman–Crippen LogP) is 6.32. The van der Waals surface area contributed by atoms with Crippen molar-refractivity contribution < 1.29 is 26.9 Å². The Morgan fingerprint density at radius 1 is 1.02 bits per heavy atom.